The van der Waals surface area contributed by atoms with Gasteiger partial charge in [-0.25, -0.2) is 4.79 Å². The summed E-state index contributed by atoms with van der Waals surface area (Å²) in [6, 6.07) is 0. The molecular weight excluding hydrogens is 228 g/mol. The normalized spacial score (nSPS) is 50.6. The minimum atomic E-state index is -0.927. The Morgan fingerprint density at radius 1 is 1.33 bits per heavy atom. The lowest BCUT2D eigenvalue weighted by Crippen LogP contribution is -2.41. The number of aliphatic hydroxyl groups excluding tert-OH is 1. The van der Waals surface area contributed by atoms with Gasteiger partial charge in [-0.1, -0.05) is 19.4 Å². The molecule has 2 saturated carbocycles. The largest absolute Gasteiger partial charge is 0.478 e. The minimum absolute atomic E-state index is 0.0421. The van der Waals surface area contributed by atoms with E-state index in [1.165, 1.54) is 0 Å². The fourth-order valence-electron chi connectivity index (χ4n) is 5.56. The Kier molecular flexibility index (Phi) is 2.30. The van der Waals surface area contributed by atoms with E-state index in [0.717, 1.165) is 31.3 Å². The first-order chi connectivity index (χ1) is 8.36. The summed E-state index contributed by atoms with van der Waals surface area (Å²) in [6.45, 7) is 6.34. The van der Waals surface area contributed by atoms with Crippen LogP contribution in [0.25, 0.3) is 0 Å². The molecule has 0 saturated heterocycles. The summed E-state index contributed by atoms with van der Waals surface area (Å²) in [5.41, 5.74) is 0.966. The van der Waals surface area contributed by atoms with Crippen molar-refractivity contribution in [3.63, 3.8) is 0 Å². The summed E-state index contributed by atoms with van der Waals surface area (Å²) in [6.07, 6.45) is 3.52. The van der Waals surface area contributed by atoms with Gasteiger partial charge in [0, 0.05) is 10.8 Å². The van der Waals surface area contributed by atoms with Gasteiger partial charge in [-0.2, -0.15) is 0 Å². The van der Waals surface area contributed by atoms with Crippen LogP contribution in [0.15, 0.2) is 11.1 Å². The first-order valence-corrected chi connectivity index (χ1v) is 6.99. The maximum Gasteiger partial charge on any atom is 0.334 e. The van der Waals surface area contributed by atoms with E-state index < -0.39 is 12.1 Å². The molecule has 2 fully saturated rings. The SMILES string of the molecule is CC1=C(C(=O)O)[C@@H](O)[C@]2(C)CC[C@H]3[C@H](C)CC[C@]132. The molecular formula is C15H22O3. The fraction of sp³-hybridized carbons (Fsp3) is 0.800. The topological polar surface area (TPSA) is 57.5 Å². The zero-order valence-corrected chi connectivity index (χ0v) is 11.4. The highest BCUT2D eigenvalue weighted by Crippen LogP contribution is 2.73. The lowest BCUT2D eigenvalue weighted by atomic mass is 9.62. The molecule has 0 aromatic rings. The summed E-state index contributed by atoms with van der Waals surface area (Å²) >= 11 is 0. The molecule has 3 rings (SSSR count). The van der Waals surface area contributed by atoms with Gasteiger partial charge in [0.15, 0.2) is 0 Å². The number of aliphatic carboxylic acids is 1. The second-order valence-corrected chi connectivity index (χ2v) is 6.80. The van der Waals surface area contributed by atoms with Crippen LogP contribution < -0.4 is 0 Å². The number of rotatable bonds is 1. The van der Waals surface area contributed by atoms with Gasteiger partial charge < -0.3 is 10.2 Å². The molecule has 3 nitrogen and oxygen atoms in total. The maximum atomic E-state index is 11.4. The number of aliphatic hydroxyl groups is 1. The number of carboxylic acid groups (broad SMARTS) is 1. The summed E-state index contributed by atoms with van der Waals surface area (Å²) in [4.78, 5) is 11.4. The molecule has 3 aliphatic rings. The molecule has 0 amide bonds. The van der Waals surface area contributed by atoms with Crippen LogP contribution in [0.2, 0.25) is 0 Å². The van der Waals surface area contributed by atoms with Gasteiger partial charge in [0.2, 0.25) is 0 Å². The molecule has 3 aliphatic carbocycles. The van der Waals surface area contributed by atoms with Crippen LogP contribution in [0.3, 0.4) is 0 Å². The van der Waals surface area contributed by atoms with Crippen LogP contribution in [-0.2, 0) is 4.79 Å². The maximum absolute atomic E-state index is 11.4. The Labute approximate surface area is 108 Å². The molecule has 3 heteroatoms. The first kappa shape index (κ1) is 12.2. The highest BCUT2D eigenvalue weighted by atomic mass is 16.4. The Balaban J connectivity index is 2.20. The number of hydrogen-bond acceptors (Lipinski definition) is 2. The molecule has 1 spiro atoms. The highest BCUT2D eigenvalue weighted by molar-refractivity contribution is 5.90. The predicted molar refractivity (Wildman–Crippen MR) is 68.0 cm³/mol. The lowest BCUT2D eigenvalue weighted by molar-refractivity contribution is -0.134. The molecule has 100 valence electrons. The van der Waals surface area contributed by atoms with Crippen LogP contribution in [0, 0.1) is 22.7 Å². The molecule has 0 heterocycles. The number of allylic oxidation sites excluding steroid dienone is 1. The van der Waals surface area contributed by atoms with Crippen molar-refractivity contribution in [2.75, 3.05) is 0 Å². The van der Waals surface area contributed by atoms with Crippen molar-refractivity contribution in [3.8, 4) is 0 Å². The molecule has 0 radical (unpaired) electrons. The third kappa shape index (κ3) is 1.04. The zero-order chi connectivity index (χ0) is 13.3. The Morgan fingerprint density at radius 2 is 2.00 bits per heavy atom. The van der Waals surface area contributed by atoms with Crippen molar-refractivity contribution in [3.05, 3.63) is 11.1 Å². The molecule has 0 unspecified atom stereocenters. The van der Waals surface area contributed by atoms with Crippen LogP contribution in [0.1, 0.15) is 46.5 Å². The fourth-order valence-corrected chi connectivity index (χ4v) is 5.56. The van der Waals surface area contributed by atoms with E-state index in [9.17, 15) is 15.0 Å². The van der Waals surface area contributed by atoms with Gasteiger partial charge >= 0.3 is 5.97 Å². The summed E-state index contributed by atoms with van der Waals surface area (Å²) in [5, 5.41) is 19.9. The molecule has 5 atom stereocenters. The van der Waals surface area contributed by atoms with Gasteiger partial charge in [-0.05, 0) is 44.4 Å². The van der Waals surface area contributed by atoms with Gasteiger partial charge in [0.05, 0.1) is 11.7 Å². The van der Waals surface area contributed by atoms with E-state index in [1.807, 2.05) is 6.92 Å². The van der Waals surface area contributed by atoms with Gasteiger partial charge in [0.25, 0.3) is 0 Å². The molecule has 0 aliphatic heterocycles. The van der Waals surface area contributed by atoms with Crippen molar-refractivity contribution in [2.24, 2.45) is 22.7 Å². The first-order valence-electron chi connectivity index (χ1n) is 6.99. The summed E-state index contributed by atoms with van der Waals surface area (Å²) in [5.74, 6) is 0.291. The van der Waals surface area contributed by atoms with Crippen LogP contribution in [0.4, 0.5) is 0 Å². The molecule has 18 heavy (non-hydrogen) atoms. The van der Waals surface area contributed by atoms with E-state index in [1.54, 1.807) is 0 Å². The molecule has 0 aromatic carbocycles. The van der Waals surface area contributed by atoms with Crippen LogP contribution >= 0.6 is 0 Å². The number of hydrogen-bond donors (Lipinski definition) is 2. The van der Waals surface area contributed by atoms with E-state index in [4.69, 9.17) is 0 Å². The van der Waals surface area contributed by atoms with Gasteiger partial charge in [0.1, 0.15) is 0 Å². The van der Waals surface area contributed by atoms with E-state index in [-0.39, 0.29) is 16.4 Å². The molecule has 0 bridgehead atoms. The minimum Gasteiger partial charge on any atom is -0.478 e. The van der Waals surface area contributed by atoms with Gasteiger partial charge in [-0.15, -0.1) is 0 Å². The second kappa shape index (κ2) is 3.38. The van der Waals surface area contributed by atoms with Crippen molar-refractivity contribution >= 4 is 5.97 Å². The Hall–Kier alpha value is -0.830. The molecule has 2 N–H and O–H groups in total. The van der Waals surface area contributed by atoms with E-state index in [2.05, 4.69) is 13.8 Å². The highest BCUT2D eigenvalue weighted by Gasteiger charge is 2.69. The van der Waals surface area contributed by atoms with Crippen molar-refractivity contribution in [2.45, 2.75) is 52.6 Å². The van der Waals surface area contributed by atoms with Crippen LogP contribution in [-0.4, -0.2) is 22.3 Å². The average Bonchev–Trinajstić information content (AvgIpc) is 2.82. The van der Waals surface area contributed by atoms with Gasteiger partial charge in [-0.3, -0.25) is 0 Å². The average molecular weight is 250 g/mol. The Morgan fingerprint density at radius 3 is 2.61 bits per heavy atom. The smallest absolute Gasteiger partial charge is 0.334 e. The standard InChI is InChI=1S/C15H22O3/c1-8-4-7-15-9(2)11(13(17)18)12(16)14(15,3)6-5-10(8)15/h8,10,12,16H,4-7H2,1-3H3,(H,17,18)/t8-,10+,12-,14+,15+/m1/s1. The quantitative estimate of drug-likeness (QED) is 0.752. The van der Waals surface area contributed by atoms with Crippen LogP contribution in [0.5, 0.6) is 0 Å². The van der Waals surface area contributed by atoms with Crippen molar-refractivity contribution in [1.29, 1.82) is 0 Å². The van der Waals surface area contributed by atoms with Crippen molar-refractivity contribution in [1.82, 2.24) is 0 Å². The summed E-state index contributed by atoms with van der Waals surface area (Å²) < 4.78 is 0. The lowest BCUT2D eigenvalue weighted by Gasteiger charge is -2.42. The van der Waals surface area contributed by atoms with Crippen molar-refractivity contribution < 1.29 is 15.0 Å². The monoisotopic (exact) mass is 250 g/mol. The second-order valence-electron chi connectivity index (χ2n) is 6.80. The Bertz CT molecular complexity index is 453. The predicted octanol–water partition coefficient (Wildman–Crippen LogP) is 2.59. The number of carbonyl (C=O) groups is 1. The van der Waals surface area contributed by atoms with E-state index in [0.29, 0.717) is 11.8 Å². The summed E-state index contributed by atoms with van der Waals surface area (Å²) in [7, 11) is 0. The third-order valence-electron chi connectivity index (χ3n) is 6.49. The third-order valence-corrected chi connectivity index (χ3v) is 6.49. The number of carboxylic acids is 1. The zero-order valence-electron chi connectivity index (χ0n) is 11.4. The molecule has 0 aromatic heterocycles. The van der Waals surface area contributed by atoms with E-state index >= 15 is 0 Å².